The Morgan fingerprint density at radius 2 is 2.00 bits per heavy atom. The molecule has 23 heavy (non-hydrogen) atoms. The first kappa shape index (κ1) is 17.2. The summed E-state index contributed by atoms with van der Waals surface area (Å²) in [4.78, 5) is 25.6. The number of hydrogen-bond acceptors (Lipinski definition) is 3. The second-order valence-electron chi connectivity index (χ2n) is 5.90. The lowest BCUT2D eigenvalue weighted by molar-refractivity contribution is -0.130. The number of nitrogens with two attached hydrogens (primary N) is 1. The molecule has 2 atom stereocenters. The summed E-state index contributed by atoms with van der Waals surface area (Å²) in [5.74, 6) is -0.0917. The van der Waals surface area contributed by atoms with E-state index in [0.29, 0.717) is 19.0 Å². The van der Waals surface area contributed by atoms with Crippen molar-refractivity contribution >= 4 is 11.9 Å². The molecule has 2 rings (SSSR count). The molecule has 0 spiro atoms. The summed E-state index contributed by atoms with van der Waals surface area (Å²) in [5, 5.41) is 5.18. The maximum atomic E-state index is 12.8. The van der Waals surface area contributed by atoms with Crippen molar-refractivity contribution in [1.29, 1.82) is 0 Å². The molecule has 1 fully saturated rings. The Balaban J connectivity index is 1.71. The van der Waals surface area contributed by atoms with Crippen LogP contribution in [-0.2, 0) is 11.3 Å². The maximum absolute atomic E-state index is 12.8. The van der Waals surface area contributed by atoms with E-state index in [1.807, 2.05) is 6.92 Å². The summed E-state index contributed by atoms with van der Waals surface area (Å²) < 4.78 is 12.8. The number of hydrogen-bond donors (Lipinski definition) is 3. The summed E-state index contributed by atoms with van der Waals surface area (Å²) >= 11 is 0. The van der Waals surface area contributed by atoms with Crippen LogP contribution in [0.1, 0.15) is 18.9 Å². The van der Waals surface area contributed by atoms with Crippen molar-refractivity contribution in [2.75, 3.05) is 19.6 Å². The predicted octanol–water partition coefficient (Wildman–Crippen LogP) is 0.821. The predicted molar refractivity (Wildman–Crippen MR) is 85.0 cm³/mol. The number of urea groups is 1. The van der Waals surface area contributed by atoms with E-state index in [1.54, 1.807) is 17.0 Å². The molecule has 1 aliphatic rings. The molecule has 1 saturated heterocycles. The van der Waals surface area contributed by atoms with Gasteiger partial charge in [-0.15, -0.1) is 0 Å². The molecule has 0 bridgehead atoms. The Labute approximate surface area is 135 Å². The second-order valence-corrected chi connectivity index (χ2v) is 5.90. The van der Waals surface area contributed by atoms with E-state index in [2.05, 4.69) is 10.6 Å². The van der Waals surface area contributed by atoms with E-state index in [4.69, 9.17) is 5.73 Å². The highest BCUT2D eigenvalue weighted by atomic mass is 19.1. The Hall–Kier alpha value is -2.15. The number of halogens is 1. The van der Waals surface area contributed by atoms with Crippen molar-refractivity contribution in [3.05, 3.63) is 35.6 Å². The quantitative estimate of drug-likeness (QED) is 0.750. The summed E-state index contributed by atoms with van der Waals surface area (Å²) in [6.45, 7) is 3.43. The minimum atomic E-state index is -0.426. The molecule has 0 aliphatic carbocycles. The fraction of sp³-hybridized carbons (Fsp3) is 0.500. The third kappa shape index (κ3) is 4.92. The van der Waals surface area contributed by atoms with Crippen LogP contribution < -0.4 is 16.4 Å². The average Bonchev–Trinajstić information content (AvgIpc) is 2.93. The van der Waals surface area contributed by atoms with Crippen LogP contribution in [0.5, 0.6) is 0 Å². The topological polar surface area (TPSA) is 87.5 Å². The van der Waals surface area contributed by atoms with Gasteiger partial charge in [0, 0.05) is 19.1 Å². The lowest BCUT2D eigenvalue weighted by Crippen LogP contribution is -2.44. The normalized spacial score (nSPS) is 20.4. The molecule has 4 N–H and O–H groups in total. The van der Waals surface area contributed by atoms with Gasteiger partial charge in [0.05, 0.1) is 6.54 Å². The first-order valence-electron chi connectivity index (χ1n) is 7.75. The van der Waals surface area contributed by atoms with Gasteiger partial charge < -0.3 is 21.3 Å². The van der Waals surface area contributed by atoms with Crippen LogP contribution in [0.3, 0.4) is 0 Å². The number of rotatable bonds is 5. The molecule has 126 valence electrons. The van der Waals surface area contributed by atoms with Gasteiger partial charge in [0.15, 0.2) is 0 Å². The first-order chi connectivity index (χ1) is 11.0. The third-order valence-corrected chi connectivity index (χ3v) is 4.08. The van der Waals surface area contributed by atoms with Gasteiger partial charge in [0.1, 0.15) is 5.82 Å². The molecular weight excluding hydrogens is 299 g/mol. The summed E-state index contributed by atoms with van der Waals surface area (Å²) in [7, 11) is 0. The largest absolute Gasteiger partial charge is 0.338 e. The van der Waals surface area contributed by atoms with Crippen molar-refractivity contribution in [3.63, 3.8) is 0 Å². The van der Waals surface area contributed by atoms with E-state index < -0.39 is 6.03 Å². The monoisotopic (exact) mass is 322 g/mol. The third-order valence-electron chi connectivity index (χ3n) is 4.08. The number of nitrogens with one attached hydrogen (secondary N) is 2. The van der Waals surface area contributed by atoms with Crippen molar-refractivity contribution in [2.45, 2.75) is 25.9 Å². The molecule has 1 heterocycles. The number of carbonyl (C=O) groups is 2. The Bertz CT molecular complexity index is 550. The molecule has 0 saturated carbocycles. The lowest BCUT2D eigenvalue weighted by atomic mass is 10.1. The Morgan fingerprint density at radius 3 is 2.61 bits per heavy atom. The summed E-state index contributed by atoms with van der Waals surface area (Å²) in [6.07, 6.45) is 0.902. The Kier molecular flexibility index (Phi) is 5.92. The number of amides is 3. The van der Waals surface area contributed by atoms with Crippen LogP contribution in [0.2, 0.25) is 0 Å². The Morgan fingerprint density at radius 1 is 1.30 bits per heavy atom. The molecule has 1 aliphatic heterocycles. The van der Waals surface area contributed by atoms with Gasteiger partial charge in [-0.05, 0) is 43.5 Å². The fourth-order valence-corrected chi connectivity index (χ4v) is 2.77. The SMILES string of the molecule is CC1CC(CN)CN1C(=O)CNC(=O)NCc1ccc(F)cc1. The van der Waals surface area contributed by atoms with Crippen LogP contribution in [0.25, 0.3) is 0 Å². The maximum Gasteiger partial charge on any atom is 0.315 e. The van der Waals surface area contributed by atoms with Gasteiger partial charge in [-0.3, -0.25) is 4.79 Å². The van der Waals surface area contributed by atoms with Gasteiger partial charge in [-0.25, -0.2) is 9.18 Å². The molecule has 1 aromatic rings. The highest BCUT2D eigenvalue weighted by molar-refractivity contribution is 5.84. The number of carbonyl (C=O) groups excluding carboxylic acids is 2. The van der Waals surface area contributed by atoms with Crippen LogP contribution >= 0.6 is 0 Å². The molecule has 1 aromatic carbocycles. The van der Waals surface area contributed by atoms with Crippen LogP contribution in [0.15, 0.2) is 24.3 Å². The van der Waals surface area contributed by atoms with E-state index in [9.17, 15) is 14.0 Å². The van der Waals surface area contributed by atoms with E-state index in [-0.39, 0.29) is 30.9 Å². The molecular formula is C16H23FN4O2. The van der Waals surface area contributed by atoms with Gasteiger partial charge in [-0.2, -0.15) is 0 Å². The summed E-state index contributed by atoms with van der Waals surface area (Å²) in [6, 6.07) is 5.59. The van der Waals surface area contributed by atoms with Crippen molar-refractivity contribution in [1.82, 2.24) is 15.5 Å². The molecule has 0 radical (unpaired) electrons. The zero-order valence-electron chi connectivity index (χ0n) is 13.2. The van der Waals surface area contributed by atoms with Gasteiger partial charge in [0.2, 0.25) is 5.91 Å². The first-order valence-corrected chi connectivity index (χ1v) is 7.75. The highest BCUT2D eigenvalue weighted by Crippen LogP contribution is 2.21. The fourth-order valence-electron chi connectivity index (χ4n) is 2.77. The average molecular weight is 322 g/mol. The van der Waals surface area contributed by atoms with Gasteiger partial charge in [-0.1, -0.05) is 12.1 Å². The zero-order valence-corrected chi connectivity index (χ0v) is 13.2. The number of likely N-dealkylation sites (tertiary alicyclic amines) is 1. The van der Waals surface area contributed by atoms with Crippen molar-refractivity contribution in [3.8, 4) is 0 Å². The van der Waals surface area contributed by atoms with Crippen LogP contribution in [0.4, 0.5) is 9.18 Å². The molecule has 3 amide bonds. The van der Waals surface area contributed by atoms with Crippen molar-refractivity contribution in [2.24, 2.45) is 11.7 Å². The standard InChI is InChI=1S/C16H23FN4O2/c1-11-6-13(7-18)10-21(11)15(22)9-20-16(23)19-8-12-2-4-14(17)5-3-12/h2-5,11,13H,6-10,18H2,1H3,(H2,19,20,23). The van der Waals surface area contributed by atoms with E-state index >= 15 is 0 Å². The molecule has 0 aromatic heterocycles. The van der Waals surface area contributed by atoms with Gasteiger partial charge in [0.25, 0.3) is 0 Å². The van der Waals surface area contributed by atoms with E-state index in [1.165, 1.54) is 12.1 Å². The minimum absolute atomic E-state index is 0.0448. The number of nitrogens with zero attached hydrogens (tertiary/aromatic N) is 1. The molecule has 6 nitrogen and oxygen atoms in total. The van der Waals surface area contributed by atoms with Crippen LogP contribution in [-0.4, -0.2) is 42.5 Å². The lowest BCUT2D eigenvalue weighted by Gasteiger charge is -2.21. The highest BCUT2D eigenvalue weighted by Gasteiger charge is 2.31. The smallest absolute Gasteiger partial charge is 0.315 e. The minimum Gasteiger partial charge on any atom is -0.338 e. The number of benzene rings is 1. The summed E-state index contributed by atoms with van der Waals surface area (Å²) in [5.41, 5.74) is 6.43. The van der Waals surface area contributed by atoms with E-state index in [0.717, 1.165) is 12.0 Å². The molecule has 7 heteroatoms. The molecule has 2 unspecified atom stereocenters. The van der Waals surface area contributed by atoms with Crippen LogP contribution in [0, 0.1) is 11.7 Å². The zero-order chi connectivity index (χ0) is 16.8. The second kappa shape index (κ2) is 7.92. The van der Waals surface area contributed by atoms with Crippen molar-refractivity contribution < 1.29 is 14.0 Å². The van der Waals surface area contributed by atoms with Gasteiger partial charge >= 0.3 is 6.03 Å².